The molecular formula is C5H9N3OS. The highest BCUT2D eigenvalue weighted by molar-refractivity contribution is 7.71. The van der Waals surface area contributed by atoms with E-state index in [1.54, 1.807) is 7.05 Å². The van der Waals surface area contributed by atoms with E-state index in [1.165, 1.54) is 9.25 Å². The van der Waals surface area contributed by atoms with Crippen molar-refractivity contribution in [2.24, 2.45) is 7.05 Å². The Balaban J connectivity index is 3.49. The van der Waals surface area contributed by atoms with E-state index in [4.69, 9.17) is 12.2 Å². The molecule has 0 aliphatic heterocycles. The minimum absolute atomic E-state index is 0.0903. The van der Waals surface area contributed by atoms with E-state index in [9.17, 15) is 4.79 Å². The van der Waals surface area contributed by atoms with Crippen molar-refractivity contribution in [3.05, 3.63) is 15.3 Å². The first-order valence-electron chi connectivity index (χ1n) is 3.02. The molecule has 1 aromatic heterocycles. The van der Waals surface area contributed by atoms with Crippen molar-refractivity contribution < 1.29 is 0 Å². The minimum atomic E-state index is -0.0903. The quantitative estimate of drug-likeness (QED) is 0.597. The molecule has 0 radical (unpaired) electrons. The SMILES string of the molecule is CCn1c(=S)[nH]n(C)c1=O. The Hall–Kier alpha value is -0.840. The van der Waals surface area contributed by atoms with Gasteiger partial charge in [0.15, 0.2) is 4.77 Å². The first kappa shape index (κ1) is 7.27. The number of aromatic amines is 1. The van der Waals surface area contributed by atoms with Gasteiger partial charge in [0.05, 0.1) is 0 Å². The summed E-state index contributed by atoms with van der Waals surface area (Å²) in [5, 5.41) is 2.71. The lowest BCUT2D eigenvalue weighted by Crippen LogP contribution is -2.21. The molecule has 0 unspecified atom stereocenters. The van der Waals surface area contributed by atoms with Gasteiger partial charge in [0.2, 0.25) is 0 Å². The van der Waals surface area contributed by atoms with Crippen LogP contribution < -0.4 is 5.69 Å². The number of nitrogens with one attached hydrogen (secondary N) is 1. The second-order valence-electron chi connectivity index (χ2n) is 2.00. The van der Waals surface area contributed by atoms with E-state index in [0.717, 1.165) is 0 Å². The normalized spacial score (nSPS) is 10.2. The molecule has 10 heavy (non-hydrogen) atoms. The Morgan fingerprint density at radius 1 is 1.70 bits per heavy atom. The Morgan fingerprint density at radius 2 is 2.30 bits per heavy atom. The number of nitrogens with zero attached hydrogens (tertiary/aromatic N) is 2. The molecule has 5 heteroatoms. The first-order valence-corrected chi connectivity index (χ1v) is 3.43. The number of hydrogen-bond donors (Lipinski definition) is 1. The van der Waals surface area contributed by atoms with Crippen LogP contribution in [-0.2, 0) is 13.6 Å². The number of aryl methyl sites for hydroxylation is 1. The highest BCUT2D eigenvalue weighted by Crippen LogP contribution is 1.80. The van der Waals surface area contributed by atoms with Crippen LogP contribution in [0.5, 0.6) is 0 Å². The maximum absolute atomic E-state index is 11.0. The number of H-pyrrole nitrogens is 1. The van der Waals surface area contributed by atoms with Crippen LogP contribution in [0.4, 0.5) is 0 Å². The maximum Gasteiger partial charge on any atom is 0.344 e. The monoisotopic (exact) mass is 159 g/mol. The highest BCUT2D eigenvalue weighted by Gasteiger charge is 1.98. The van der Waals surface area contributed by atoms with Crippen LogP contribution >= 0.6 is 12.2 Å². The highest BCUT2D eigenvalue weighted by atomic mass is 32.1. The van der Waals surface area contributed by atoms with Gasteiger partial charge in [-0.1, -0.05) is 0 Å². The second kappa shape index (κ2) is 2.42. The van der Waals surface area contributed by atoms with Crippen LogP contribution in [0.25, 0.3) is 0 Å². The number of rotatable bonds is 1. The summed E-state index contributed by atoms with van der Waals surface area (Å²) in [6, 6.07) is 0. The van der Waals surface area contributed by atoms with Crippen LogP contribution in [0.1, 0.15) is 6.92 Å². The molecule has 4 nitrogen and oxygen atoms in total. The van der Waals surface area contributed by atoms with Crippen LogP contribution in [0.3, 0.4) is 0 Å². The van der Waals surface area contributed by atoms with E-state index in [2.05, 4.69) is 5.10 Å². The first-order chi connectivity index (χ1) is 4.66. The van der Waals surface area contributed by atoms with E-state index in [1.807, 2.05) is 6.92 Å². The molecule has 0 aliphatic carbocycles. The predicted molar refractivity (Wildman–Crippen MR) is 40.5 cm³/mol. The molecule has 0 fully saturated rings. The third kappa shape index (κ3) is 0.923. The van der Waals surface area contributed by atoms with Crippen molar-refractivity contribution >= 4 is 12.2 Å². The lowest BCUT2D eigenvalue weighted by atomic mass is 10.7. The molecule has 0 aliphatic rings. The lowest BCUT2D eigenvalue weighted by Gasteiger charge is -1.88. The summed E-state index contributed by atoms with van der Waals surface area (Å²) in [4.78, 5) is 11.0. The van der Waals surface area contributed by atoms with E-state index in [0.29, 0.717) is 11.3 Å². The molecule has 0 aromatic carbocycles. The molecule has 1 aromatic rings. The summed E-state index contributed by atoms with van der Waals surface area (Å²) in [6.45, 7) is 2.50. The van der Waals surface area contributed by atoms with Crippen LogP contribution in [0.15, 0.2) is 4.79 Å². The van der Waals surface area contributed by atoms with Crippen molar-refractivity contribution in [3.8, 4) is 0 Å². The van der Waals surface area contributed by atoms with Gasteiger partial charge in [0, 0.05) is 13.6 Å². The molecule has 0 atom stereocenters. The largest absolute Gasteiger partial charge is 0.344 e. The van der Waals surface area contributed by atoms with Gasteiger partial charge in [0.1, 0.15) is 0 Å². The summed E-state index contributed by atoms with van der Waals surface area (Å²) in [6.07, 6.45) is 0. The van der Waals surface area contributed by atoms with Crippen LogP contribution in [0, 0.1) is 4.77 Å². The van der Waals surface area contributed by atoms with Crippen molar-refractivity contribution in [1.82, 2.24) is 14.3 Å². The van der Waals surface area contributed by atoms with Crippen LogP contribution in [-0.4, -0.2) is 14.3 Å². The van der Waals surface area contributed by atoms with E-state index >= 15 is 0 Å². The fourth-order valence-electron chi connectivity index (χ4n) is 0.798. The number of aromatic nitrogens is 3. The topological polar surface area (TPSA) is 42.7 Å². The molecule has 1 rings (SSSR count). The van der Waals surface area contributed by atoms with Gasteiger partial charge < -0.3 is 0 Å². The Bertz CT molecular complexity index is 331. The zero-order valence-corrected chi connectivity index (χ0v) is 6.73. The molecule has 0 amide bonds. The minimum Gasteiger partial charge on any atom is -0.270 e. The zero-order valence-electron chi connectivity index (χ0n) is 5.92. The second-order valence-corrected chi connectivity index (χ2v) is 2.39. The van der Waals surface area contributed by atoms with Crippen molar-refractivity contribution in [3.63, 3.8) is 0 Å². The van der Waals surface area contributed by atoms with E-state index < -0.39 is 0 Å². The molecule has 0 saturated heterocycles. The van der Waals surface area contributed by atoms with Gasteiger partial charge >= 0.3 is 5.69 Å². The van der Waals surface area contributed by atoms with Gasteiger partial charge in [-0.25, -0.2) is 9.48 Å². The summed E-state index contributed by atoms with van der Waals surface area (Å²) in [7, 11) is 1.64. The summed E-state index contributed by atoms with van der Waals surface area (Å²) >= 11 is 4.85. The maximum atomic E-state index is 11.0. The van der Waals surface area contributed by atoms with Crippen molar-refractivity contribution in [2.45, 2.75) is 13.5 Å². The van der Waals surface area contributed by atoms with Crippen LogP contribution in [0.2, 0.25) is 0 Å². The van der Waals surface area contributed by atoms with Crippen molar-refractivity contribution in [2.75, 3.05) is 0 Å². The van der Waals surface area contributed by atoms with Gasteiger partial charge in [0.25, 0.3) is 0 Å². The molecule has 0 saturated carbocycles. The third-order valence-electron chi connectivity index (χ3n) is 1.34. The van der Waals surface area contributed by atoms with Gasteiger partial charge in [-0.05, 0) is 19.1 Å². The lowest BCUT2D eigenvalue weighted by molar-refractivity contribution is 0.676. The molecule has 1 heterocycles. The average Bonchev–Trinajstić information content (AvgIpc) is 2.09. The third-order valence-corrected chi connectivity index (χ3v) is 1.65. The van der Waals surface area contributed by atoms with Crippen molar-refractivity contribution in [1.29, 1.82) is 0 Å². The van der Waals surface area contributed by atoms with Gasteiger partial charge in [-0.2, -0.15) is 0 Å². The summed E-state index contributed by atoms with van der Waals surface area (Å²) < 4.78 is 3.34. The molecular weight excluding hydrogens is 150 g/mol. The smallest absolute Gasteiger partial charge is 0.270 e. The Kier molecular flexibility index (Phi) is 1.76. The summed E-state index contributed by atoms with van der Waals surface area (Å²) in [5.41, 5.74) is -0.0903. The molecule has 56 valence electrons. The average molecular weight is 159 g/mol. The zero-order chi connectivity index (χ0) is 7.72. The Labute approximate surface area is 63.1 Å². The fraction of sp³-hybridized carbons (Fsp3) is 0.600. The number of hydrogen-bond acceptors (Lipinski definition) is 2. The fourth-order valence-corrected chi connectivity index (χ4v) is 1.14. The summed E-state index contributed by atoms with van der Waals surface area (Å²) in [5.74, 6) is 0. The van der Waals surface area contributed by atoms with Gasteiger partial charge in [-0.3, -0.25) is 9.67 Å². The molecule has 1 N–H and O–H groups in total. The molecule has 0 bridgehead atoms. The van der Waals surface area contributed by atoms with E-state index in [-0.39, 0.29) is 5.69 Å². The molecule has 0 spiro atoms. The standard InChI is InChI=1S/C5H9N3OS/c1-3-8-4(10)6-7(2)5(8)9/h3H2,1-2H3,(H,6,10). The van der Waals surface area contributed by atoms with Gasteiger partial charge in [-0.15, -0.1) is 0 Å². The predicted octanol–water partition coefficient (Wildman–Crippen LogP) is 0.264. The Morgan fingerprint density at radius 3 is 2.50 bits per heavy atom.